The van der Waals surface area contributed by atoms with Crippen LogP contribution in [-0.4, -0.2) is 16.6 Å². The van der Waals surface area contributed by atoms with Gasteiger partial charge in [-0.25, -0.2) is 4.79 Å². The number of hydrogen-bond acceptors (Lipinski definition) is 5. The summed E-state index contributed by atoms with van der Waals surface area (Å²) >= 11 is 0. The number of rotatable bonds is 6. The van der Waals surface area contributed by atoms with Crippen molar-refractivity contribution in [3.63, 3.8) is 0 Å². The fourth-order valence-electron chi connectivity index (χ4n) is 2.68. The molecule has 0 aliphatic heterocycles. The first-order valence-electron chi connectivity index (χ1n) is 8.08. The van der Waals surface area contributed by atoms with Gasteiger partial charge in [0.15, 0.2) is 0 Å². The fourth-order valence-corrected chi connectivity index (χ4v) is 2.68. The highest BCUT2D eigenvalue weighted by Crippen LogP contribution is 2.30. The van der Waals surface area contributed by atoms with Crippen LogP contribution in [0.3, 0.4) is 0 Å². The molecule has 2 rings (SSSR count). The molecule has 0 fully saturated rings. The topological polar surface area (TPSA) is 105 Å². The highest BCUT2D eigenvalue weighted by molar-refractivity contribution is 5.65. The smallest absolute Gasteiger partial charge is 0.405 e. The average molecular weight is 358 g/mol. The summed E-state index contributed by atoms with van der Waals surface area (Å²) in [6.45, 7) is 7.45. The number of primary amides is 1. The molecule has 0 atom stereocenters. The number of amides is 1. The summed E-state index contributed by atoms with van der Waals surface area (Å²) in [6, 6.07) is 9.79. The van der Waals surface area contributed by atoms with Crippen molar-refractivity contribution in [1.29, 1.82) is 0 Å². The third-order valence-electron chi connectivity index (χ3n) is 3.90. The largest absolute Gasteiger partial charge is 0.457 e. The summed E-state index contributed by atoms with van der Waals surface area (Å²) in [5, 5.41) is 10.7. The van der Waals surface area contributed by atoms with Crippen LogP contribution in [0.2, 0.25) is 0 Å². The number of ether oxygens (including phenoxy) is 2. The Labute approximate surface area is 151 Å². The third kappa shape index (κ3) is 4.95. The predicted octanol–water partition coefficient (Wildman–Crippen LogP) is 4.42. The van der Waals surface area contributed by atoms with E-state index < -0.39 is 16.6 Å². The predicted molar refractivity (Wildman–Crippen MR) is 97.5 cm³/mol. The lowest BCUT2D eigenvalue weighted by Crippen LogP contribution is -2.33. The Morgan fingerprint density at radius 1 is 1.15 bits per heavy atom. The molecule has 2 aromatic carbocycles. The number of carbonyl (C=O) groups excluding carboxylic acids is 1. The third-order valence-corrected chi connectivity index (χ3v) is 3.90. The molecular weight excluding hydrogens is 336 g/mol. The van der Waals surface area contributed by atoms with E-state index in [4.69, 9.17) is 15.2 Å². The first-order chi connectivity index (χ1) is 12.1. The van der Waals surface area contributed by atoms with Gasteiger partial charge in [-0.2, -0.15) is 0 Å². The van der Waals surface area contributed by atoms with Gasteiger partial charge in [0.2, 0.25) is 0 Å². The molecule has 1 amide bonds. The van der Waals surface area contributed by atoms with E-state index in [1.165, 1.54) is 12.1 Å². The van der Waals surface area contributed by atoms with Crippen molar-refractivity contribution in [2.45, 2.75) is 39.7 Å². The van der Waals surface area contributed by atoms with Crippen LogP contribution in [-0.2, 0) is 11.2 Å². The number of aryl methyl sites for hydroxylation is 2. The monoisotopic (exact) mass is 358 g/mol. The minimum Gasteiger partial charge on any atom is -0.457 e. The Bertz CT molecular complexity index is 829. The lowest BCUT2D eigenvalue weighted by molar-refractivity contribution is -0.384. The lowest BCUT2D eigenvalue weighted by atomic mass is 9.93. The number of nitrogens with zero attached hydrogens (tertiary/aromatic N) is 1. The molecule has 0 aliphatic carbocycles. The van der Waals surface area contributed by atoms with Crippen molar-refractivity contribution < 1.29 is 19.2 Å². The van der Waals surface area contributed by atoms with Gasteiger partial charge in [-0.05, 0) is 62.6 Å². The van der Waals surface area contributed by atoms with Crippen molar-refractivity contribution in [2.75, 3.05) is 0 Å². The summed E-state index contributed by atoms with van der Waals surface area (Å²) in [5.74, 6) is 1.18. The number of nitro benzene ring substituents is 1. The van der Waals surface area contributed by atoms with Crippen molar-refractivity contribution in [3.8, 4) is 11.5 Å². The standard InChI is InChI=1S/C19H22N2O5/c1-12-10-17(25-16-7-5-15(6-8-16)21(23)24)13(2)9-14(12)11-19(3,4)26-18(20)22/h5-10H,11H2,1-4H3,(H2,20,22). The van der Waals surface area contributed by atoms with Gasteiger partial charge >= 0.3 is 6.09 Å². The number of nitro groups is 1. The zero-order valence-corrected chi connectivity index (χ0v) is 15.2. The van der Waals surface area contributed by atoms with Gasteiger partial charge in [0, 0.05) is 18.6 Å². The van der Waals surface area contributed by atoms with Gasteiger partial charge in [-0.15, -0.1) is 0 Å². The van der Waals surface area contributed by atoms with Crippen LogP contribution < -0.4 is 10.5 Å². The SMILES string of the molecule is Cc1cc(Oc2ccc([N+](=O)[O-])cc2)c(C)cc1CC(C)(C)OC(N)=O. The molecule has 0 spiro atoms. The normalized spacial score (nSPS) is 11.1. The second kappa shape index (κ2) is 7.43. The van der Waals surface area contributed by atoms with Gasteiger partial charge in [0.25, 0.3) is 5.69 Å². The maximum atomic E-state index is 11.0. The molecule has 2 aromatic rings. The summed E-state index contributed by atoms with van der Waals surface area (Å²) in [4.78, 5) is 21.3. The van der Waals surface area contributed by atoms with Crippen molar-refractivity contribution in [1.82, 2.24) is 0 Å². The van der Waals surface area contributed by atoms with E-state index >= 15 is 0 Å². The van der Waals surface area contributed by atoms with Crippen LogP contribution in [0, 0.1) is 24.0 Å². The van der Waals surface area contributed by atoms with Crippen LogP contribution in [0.15, 0.2) is 36.4 Å². The molecule has 138 valence electrons. The van der Waals surface area contributed by atoms with Crippen LogP contribution in [0.5, 0.6) is 11.5 Å². The fraction of sp³-hybridized carbons (Fsp3) is 0.316. The van der Waals surface area contributed by atoms with E-state index in [1.807, 2.05) is 26.0 Å². The summed E-state index contributed by atoms with van der Waals surface area (Å²) < 4.78 is 11.0. The number of carbonyl (C=O) groups is 1. The van der Waals surface area contributed by atoms with Gasteiger partial charge in [0.05, 0.1) is 4.92 Å². The molecule has 0 saturated heterocycles. The van der Waals surface area contributed by atoms with Gasteiger partial charge in [-0.3, -0.25) is 10.1 Å². The Morgan fingerprint density at radius 2 is 1.77 bits per heavy atom. The second-order valence-corrected chi connectivity index (χ2v) is 6.75. The molecule has 0 saturated carbocycles. The van der Waals surface area contributed by atoms with E-state index in [0.29, 0.717) is 17.9 Å². The molecule has 0 aromatic heterocycles. The Kier molecular flexibility index (Phi) is 5.50. The van der Waals surface area contributed by atoms with Gasteiger partial charge < -0.3 is 15.2 Å². The van der Waals surface area contributed by atoms with Crippen molar-refractivity contribution in [2.24, 2.45) is 5.73 Å². The quantitative estimate of drug-likeness (QED) is 0.608. The number of non-ortho nitro benzene ring substituents is 1. The molecule has 0 bridgehead atoms. The van der Waals surface area contributed by atoms with E-state index in [-0.39, 0.29) is 5.69 Å². The van der Waals surface area contributed by atoms with E-state index in [2.05, 4.69) is 0 Å². The molecular formula is C19H22N2O5. The Hall–Kier alpha value is -3.09. The highest BCUT2D eigenvalue weighted by atomic mass is 16.6. The zero-order chi connectivity index (χ0) is 19.5. The minimum atomic E-state index is -0.803. The lowest BCUT2D eigenvalue weighted by Gasteiger charge is -2.25. The number of nitrogens with two attached hydrogens (primary N) is 1. The van der Waals surface area contributed by atoms with Crippen LogP contribution >= 0.6 is 0 Å². The maximum Gasteiger partial charge on any atom is 0.405 e. The average Bonchev–Trinajstić information content (AvgIpc) is 2.51. The minimum absolute atomic E-state index is 0.0114. The molecule has 0 heterocycles. The van der Waals surface area contributed by atoms with Crippen molar-refractivity contribution >= 4 is 11.8 Å². The summed E-state index contributed by atoms with van der Waals surface area (Å²) in [6.07, 6.45) is -0.289. The first kappa shape index (κ1) is 19.2. The van der Waals surface area contributed by atoms with Crippen LogP contribution in [0.1, 0.15) is 30.5 Å². The van der Waals surface area contributed by atoms with Crippen LogP contribution in [0.4, 0.5) is 10.5 Å². The van der Waals surface area contributed by atoms with Crippen LogP contribution in [0.25, 0.3) is 0 Å². The van der Waals surface area contributed by atoms with Gasteiger partial charge in [0.1, 0.15) is 17.1 Å². The van der Waals surface area contributed by atoms with Gasteiger partial charge in [-0.1, -0.05) is 6.07 Å². The number of hydrogen-bond donors (Lipinski definition) is 1. The molecule has 7 nitrogen and oxygen atoms in total. The molecule has 0 aliphatic rings. The molecule has 0 unspecified atom stereocenters. The second-order valence-electron chi connectivity index (χ2n) is 6.75. The molecule has 26 heavy (non-hydrogen) atoms. The van der Waals surface area contributed by atoms with E-state index in [0.717, 1.165) is 16.7 Å². The zero-order valence-electron chi connectivity index (χ0n) is 15.2. The maximum absolute atomic E-state index is 11.0. The summed E-state index contributed by atoms with van der Waals surface area (Å²) in [7, 11) is 0. The Morgan fingerprint density at radius 3 is 2.31 bits per heavy atom. The summed E-state index contributed by atoms with van der Waals surface area (Å²) in [5.41, 5.74) is 7.31. The van der Waals surface area contributed by atoms with E-state index in [9.17, 15) is 14.9 Å². The Balaban J connectivity index is 2.20. The number of benzene rings is 2. The highest BCUT2D eigenvalue weighted by Gasteiger charge is 2.23. The van der Waals surface area contributed by atoms with E-state index in [1.54, 1.807) is 26.0 Å². The molecule has 0 radical (unpaired) electrons. The molecule has 2 N–H and O–H groups in total. The molecule has 7 heteroatoms. The van der Waals surface area contributed by atoms with Crippen molar-refractivity contribution in [3.05, 3.63) is 63.2 Å². The first-order valence-corrected chi connectivity index (χ1v) is 8.08.